The SMILES string of the molecule is C1=C(CN(Cc2ccccc2)Cc2ccccn2)OCCO1. The normalized spacial score (nSPS) is 14.1. The van der Waals surface area contributed by atoms with Crippen LogP contribution >= 0.6 is 0 Å². The largest absolute Gasteiger partial charge is 0.494 e. The summed E-state index contributed by atoms with van der Waals surface area (Å²) in [6.07, 6.45) is 3.55. The first-order chi connectivity index (χ1) is 10.9. The van der Waals surface area contributed by atoms with Crippen LogP contribution in [0.1, 0.15) is 11.3 Å². The molecular weight excluding hydrogens is 276 g/mol. The number of aromatic nitrogens is 1. The van der Waals surface area contributed by atoms with E-state index in [0.29, 0.717) is 19.8 Å². The summed E-state index contributed by atoms with van der Waals surface area (Å²) in [5, 5.41) is 0. The number of ether oxygens (including phenoxy) is 2. The molecule has 0 fully saturated rings. The molecule has 3 rings (SSSR count). The third-order valence-electron chi connectivity index (χ3n) is 3.44. The second-order valence-electron chi connectivity index (χ2n) is 5.26. The molecule has 0 aliphatic carbocycles. The van der Waals surface area contributed by atoms with Crippen molar-refractivity contribution in [3.8, 4) is 0 Å². The fourth-order valence-electron chi connectivity index (χ4n) is 2.44. The van der Waals surface area contributed by atoms with E-state index in [1.807, 2.05) is 30.5 Å². The molecular formula is C18H20N2O2. The molecule has 4 nitrogen and oxygen atoms in total. The van der Waals surface area contributed by atoms with E-state index in [0.717, 1.165) is 24.5 Å². The molecule has 1 aromatic heterocycles. The van der Waals surface area contributed by atoms with Gasteiger partial charge in [-0.1, -0.05) is 36.4 Å². The summed E-state index contributed by atoms with van der Waals surface area (Å²) in [4.78, 5) is 6.72. The Balaban J connectivity index is 1.71. The average molecular weight is 296 g/mol. The van der Waals surface area contributed by atoms with E-state index >= 15 is 0 Å². The lowest BCUT2D eigenvalue weighted by Gasteiger charge is -2.25. The molecule has 1 aliphatic heterocycles. The molecule has 114 valence electrons. The Labute approximate surface area is 131 Å². The van der Waals surface area contributed by atoms with Gasteiger partial charge in [-0.2, -0.15) is 0 Å². The zero-order valence-corrected chi connectivity index (χ0v) is 12.5. The van der Waals surface area contributed by atoms with Crippen LogP contribution < -0.4 is 0 Å². The molecule has 0 bridgehead atoms. The van der Waals surface area contributed by atoms with Crippen LogP contribution in [-0.2, 0) is 22.6 Å². The molecule has 4 heteroatoms. The van der Waals surface area contributed by atoms with Crippen LogP contribution in [0.5, 0.6) is 0 Å². The minimum Gasteiger partial charge on any atom is -0.494 e. The molecule has 2 heterocycles. The first kappa shape index (κ1) is 14.6. The summed E-state index contributed by atoms with van der Waals surface area (Å²) in [7, 11) is 0. The molecule has 0 amide bonds. The molecule has 2 aromatic rings. The van der Waals surface area contributed by atoms with Gasteiger partial charge in [-0.25, -0.2) is 0 Å². The zero-order chi connectivity index (χ0) is 15.0. The standard InChI is InChI=1S/C18H20N2O2/c1-2-6-16(7-3-1)12-20(13-17-8-4-5-9-19-17)14-18-15-21-10-11-22-18/h1-9,15H,10-14H2. The highest BCUT2D eigenvalue weighted by Gasteiger charge is 2.13. The van der Waals surface area contributed by atoms with Gasteiger partial charge >= 0.3 is 0 Å². The van der Waals surface area contributed by atoms with Crippen molar-refractivity contribution in [2.45, 2.75) is 13.1 Å². The lowest BCUT2D eigenvalue weighted by Crippen LogP contribution is -2.28. The topological polar surface area (TPSA) is 34.6 Å². The summed E-state index contributed by atoms with van der Waals surface area (Å²) in [6, 6.07) is 16.4. The van der Waals surface area contributed by atoms with E-state index in [9.17, 15) is 0 Å². The second-order valence-corrected chi connectivity index (χ2v) is 5.26. The fraction of sp³-hybridized carbons (Fsp3) is 0.278. The van der Waals surface area contributed by atoms with Gasteiger partial charge in [0.15, 0.2) is 0 Å². The van der Waals surface area contributed by atoms with E-state index in [4.69, 9.17) is 9.47 Å². The molecule has 22 heavy (non-hydrogen) atoms. The summed E-state index contributed by atoms with van der Waals surface area (Å²) < 4.78 is 11.0. The van der Waals surface area contributed by atoms with E-state index in [1.54, 1.807) is 6.26 Å². The molecule has 1 aromatic carbocycles. The molecule has 0 saturated heterocycles. The first-order valence-corrected chi connectivity index (χ1v) is 7.50. The van der Waals surface area contributed by atoms with Crippen molar-refractivity contribution in [2.24, 2.45) is 0 Å². The second kappa shape index (κ2) is 7.61. The third kappa shape index (κ3) is 4.33. The Hall–Kier alpha value is -2.33. The van der Waals surface area contributed by atoms with E-state index in [1.165, 1.54) is 5.56 Å². The Morgan fingerprint density at radius 2 is 1.77 bits per heavy atom. The molecule has 0 N–H and O–H groups in total. The lowest BCUT2D eigenvalue weighted by molar-refractivity contribution is 0.0671. The fourth-order valence-corrected chi connectivity index (χ4v) is 2.44. The molecule has 0 spiro atoms. The molecule has 0 radical (unpaired) electrons. The van der Waals surface area contributed by atoms with Crippen LogP contribution in [0.4, 0.5) is 0 Å². The predicted molar refractivity (Wildman–Crippen MR) is 84.8 cm³/mol. The van der Waals surface area contributed by atoms with E-state index in [-0.39, 0.29) is 0 Å². The van der Waals surface area contributed by atoms with Crippen molar-refractivity contribution in [1.29, 1.82) is 0 Å². The maximum atomic E-state index is 5.66. The van der Waals surface area contributed by atoms with E-state index in [2.05, 4.69) is 34.1 Å². The maximum Gasteiger partial charge on any atom is 0.144 e. The van der Waals surface area contributed by atoms with Gasteiger partial charge in [0.05, 0.1) is 12.2 Å². The highest BCUT2D eigenvalue weighted by molar-refractivity contribution is 5.15. The number of pyridine rings is 1. The summed E-state index contributed by atoms with van der Waals surface area (Å²) >= 11 is 0. The number of rotatable bonds is 6. The quantitative estimate of drug-likeness (QED) is 0.821. The van der Waals surface area contributed by atoms with Crippen LogP contribution in [0.3, 0.4) is 0 Å². The first-order valence-electron chi connectivity index (χ1n) is 7.50. The monoisotopic (exact) mass is 296 g/mol. The number of nitrogens with zero attached hydrogens (tertiary/aromatic N) is 2. The van der Waals surface area contributed by atoms with Crippen molar-refractivity contribution in [3.05, 3.63) is 78.0 Å². The smallest absolute Gasteiger partial charge is 0.144 e. The lowest BCUT2D eigenvalue weighted by atomic mass is 10.2. The number of benzene rings is 1. The molecule has 0 saturated carbocycles. The van der Waals surface area contributed by atoms with Gasteiger partial charge in [0.1, 0.15) is 25.2 Å². The van der Waals surface area contributed by atoms with Crippen LogP contribution in [-0.4, -0.2) is 29.6 Å². The van der Waals surface area contributed by atoms with Crippen LogP contribution in [0.2, 0.25) is 0 Å². The van der Waals surface area contributed by atoms with Gasteiger partial charge in [-0.15, -0.1) is 0 Å². The third-order valence-corrected chi connectivity index (χ3v) is 3.44. The van der Waals surface area contributed by atoms with Crippen molar-refractivity contribution < 1.29 is 9.47 Å². The summed E-state index contributed by atoms with van der Waals surface area (Å²) in [5.74, 6) is 0.873. The van der Waals surface area contributed by atoms with E-state index < -0.39 is 0 Å². The number of hydrogen-bond acceptors (Lipinski definition) is 4. The Morgan fingerprint density at radius 1 is 0.909 bits per heavy atom. The molecule has 0 atom stereocenters. The summed E-state index contributed by atoms with van der Waals surface area (Å²) in [5.41, 5.74) is 2.33. The summed E-state index contributed by atoms with van der Waals surface area (Å²) in [6.45, 7) is 3.58. The van der Waals surface area contributed by atoms with Gasteiger partial charge in [-0.05, 0) is 17.7 Å². The minimum atomic E-state index is 0.620. The highest BCUT2D eigenvalue weighted by Crippen LogP contribution is 2.13. The van der Waals surface area contributed by atoms with Gasteiger partial charge in [-0.3, -0.25) is 9.88 Å². The van der Waals surface area contributed by atoms with Crippen molar-refractivity contribution in [1.82, 2.24) is 9.88 Å². The van der Waals surface area contributed by atoms with Crippen LogP contribution in [0.15, 0.2) is 66.7 Å². The van der Waals surface area contributed by atoms with Gasteiger partial charge in [0, 0.05) is 19.3 Å². The predicted octanol–water partition coefficient (Wildman–Crippen LogP) is 2.97. The van der Waals surface area contributed by atoms with Crippen molar-refractivity contribution in [3.63, 3.8) is 0 Å². The van der Waals surface area contributed by atoms with Crippen LogP contribution in [0.25, 0.3) is 0 Å². The van der Waals surface area contributed by atoms with Crippen LogP contribution in [0, 0.1) is 0 Å². The number of hydrogen-bond donors (Lipinski definition) is 0. The van der Waals surface area contributed by atoms with Gasteiger partial charge in [0.25, 0.3) is 0 Å². The maximum absolute atomic E-state index is 5.66. The average Bonchev–Trinajstić information content (AvgIpc) is 2.57. The van der Waals surface area contributed by atoms with Crippen molar-refractivity contribution in [2.75, 3.05) is 19.8 Å². The van der Waals surface area contributed by atoms with Gasteiger partial charge in [0.2, 0.25) is 0 Å². The highest BCUT2D eigenvalue weighted by atomic mass is 16.6. The minimum absolute atomic E-state index is 0.620. The van der Waals surface area contributed by atoms with Gasteiger partial charge < -0.3 is 9.47 Å². The van der Waals surface area contributed by atoms with Crippen molar-refractivity contribution >= 4 is 0 Å². The Kier molecular flexibility index (Phi) is 5.05. The Morgan fingerprint density at radius 3 is 2.50 bits per heavy atom. The Bertz CT molecular complexity index is 557. The molecule has 0 unspecified atom stereocenters. The zero-order valence-electron chi connectivity index (χ0n) is 12.5. The molecule has 1 aliphatic rings.